The van der Waals surface area contributed by atoms with Gasteiger partial charge in [-0.25, -0.2) is 13.5 Å². The third-order valence-corrected chi connectivity index (χ3v) is 3.37. The first-order chi connectivity index (χ1) is 10.6. The van der Waals surface area contributed by atoms with Crippen molar-refractivity contribution in [1.29, 1.82) is 0 Å². The zero-order valence-electron chi connectivity index (χ0n) is 11.9. The van der Waals surface area contributed by atoms with Crippen molar-refractivity contribution in [2.24, 2.45) is 5.73 Å². The highest BCUT2D eigenvalue weighted by atomic mass is 19.2. The number of rotatable bonds is 3. The van der Waals surface area contributed by atoms with Gasteiger partial charge in [0, 0.05) is 12.1 Å². The minimum Gasteiger partial charge on any atom is -0.325 e. The monoisotopic (exact) mass is 300 g/mol. The summed E-state index contributed by atoms with van der Waals surface area (Å²) in [4.78, 5) is 0. The molecular formula is C16H14F2N4. The molecule has 0 saturated carbocycles. The molecule has 0 fully saturated rings. The first kappa shape index (κ1) is 14.3. The lowest BCUT2D eigenvalue weighted by Crippen LogP contribution is -2.03. The van der Waals surface area contributed by atoms with Gasteiger partial charge in [0.15, 0.2) is 11.6 Å². The van der Waals surface area contributed by atoms with Gasteiger partial charge >= 0.3 is 0 Å². The lowest BCUT2D eigenvalue weighted by Gasteiger charge is -2.09. The molecular weight excluding hydrogens is 286 g/mol. The number of hydrogen-bond acceptors (Lipinski definition) is 3. The van der Waals surface area contributed by atoms with Gasteiger partial charge in [-0.2, -0.15) is 0 Å². The Kier molecular flexibility index (Phi) is 3.68. The maximum absolute atomic E-state index is 13.5. The Labute approximate surface area is 126 Å². The Morgan fingerprint density at radius 2 is 1.91 bits per heavy atom. The smallest absolute Gasteiger partial charge is 0.159 e. The van der Waals surface area contributed by atoms with Crippen molar-refractivity contribution in [2.75, 3.05) is 0 Å². The van der Waals surface area contributed by atoms with E-state index < -0.39 is 11.6 Å². The zero-order valence-corrected chi connectivity index (χ0v) is 11.9. The first-order valence-electron chi connectivity index (χ1n) is 6.77. The molecule has 2 N–H and O–H groups in total. The van der Waals surface area contributed by atoms with E-state index >= 15 is 0 Å². The number of hydrogen-bond donors (Lipinski definition) is 1. The van der Waals surface area contributed by atoms with Crippen LogP contribution < -0.4 is 5.73 Å². The summed E-state index contributed by atoms with van der Waals surface area (Å²) in [6, 6.07) is 11.3. The zero-order chi connectivity index (χ0) is 15.7. The fraction of sp³-hybridized carbons (Fsp3) is 0.125. The molecule has 3 aromatic rings. The minimum absolute atomic E-state index is 0.153. The number of nitrogens with zero attached hydrogens (tertiary/aromatic N) is 3. The van der Waals surface area contributed by atoms with Crippen LogP contribution in [0.25, 0.3) is 16.9 Å². The highest BCUT2D eigenvalue weighted by Gasteiger charge is 2.17. The first-order valence-corrected chi connectivity index (χ1v) is 6.77. The van der Waals surface area contributed by atoms with Gasteiger partial charge in [-0.1, -0.05) is 17.3 Å². The van der Waals surface area contributed by atoms with E-state index in [2.05, 4.69) is 10.3 Å². The van der Waals surface area contributed by atoms with Crippen LogP contribution in [0.2, 0.25) is 0 Å². The molecule has 0 aliphatic carbocycles. The summed E-state index contributed by atoms with van der Waals surface area (Å²) in [6.45, 7) is 2.11. The molecule has 0 aliphatic rings. The molecule has 0 unspecified atom stereocenters. The molecule has 0 radical (unpaired) electrons. The second-order valence-corrected chi connectivity index (χ2v) is 4.97. The summed E-state index contributed by atoms with van der Waals surface area (Å²) in [5, 5.41) is 8.14. The van der Waals surface area contributed by atoms with Gasteiger partial charge in [-0.15, -0.1) is 5.10 Å². The Morgan fingerprint density at radius 3 is 2.59 bits per heavy atom. The Bertz CT molecular complexity index is 827. The van der Waals surface area contributed by atoms with Crippen molar-refractivity contribution in [2.45, 2.75) is 13.5 Å². The summed E-state index contributed by atoms with van der Waals surface area (Å²) in [6.07, 6.45) is 0. The van der Waals surface area contributed by atoms with Gasteiger partial charge in [0.1, 0.15) is 5.69 Å². The normalized spacial score (nSPS) is 10.9. The van der Waals surface area contributed by atoms with E-state index in [4.69, 9.17) is 5.73 Å². The average Bonchev–Trinajstić information content (AvgIpc) is 2.94. The van der Waals surface area contributed by atoms with E-state index in [9.17, 15) is 8.78 Å². The van der Waals surface area contributed by atoms with Crippen LogP contribution in [-0.4, -0.2) is 15.0 Å². The summed E-state index contributed by atoms with van der Waals surface area (Å²) in [5.41, 5.74) is 9.09. The van der Waals surface area contributed by atoms with Crippen LogP contribution in [0.5, 0.6) is 0 Å². The van der Waals surface area contributed by atoms with Crippen LogP contribution in [0.4, 0.5) is 8.78 Å². The standard InChI is InChI=1S/C16H14F2N4/c1-10-3-2-4-12(7-10)22-16(15(9-19)20-21-22)11-5-6-13(17)14(18)8-11/h2-8H,9,19H2,1H3. The van der Waals surface area contributed by atoms with Gasteiger partial charge in [0.05, 0.1) is 11.4 Å². The number of benzene rings is 2. The van der Waals surface area contributed by atoms with Crippen molar-refractivity contribution in [1.82, 2.24) is 15.0 Å². The van der Waals surface area contributed by atoms with Gasteiger partial charge in [-0.3, -0.25) is 0 Å². The van der Waals surface area contributed by atoms with Crippen molar-refractivity contribution < 1.29 is 8.78 Å². The van der Waals surface area contributed by atoms with Gasteiger partial charge in [0.2, 0.25) is 0 Å². The molecule has 0 amide bonds. The summed E-state index contributed by atoms with van der Waals surface area (Å²) < 4.78 is 28.3. The minimum atomic E-state index is -0.919. The summed E-state index contributed by atoms with van der Waals surface area (Å²) >= 11 is 0. The lowest BCUT2D eigenvalue weighted by atomic mass is 10.1. The SMILES string of the molecule is Cc1cccc(-n2nnc(CN)c2-c2ccc(F)c(F)c2)c1. The van der Waals surface area contributed by atoms with Gasteiger partial charge in [-0.05, 0) is 42.8 Å². The number of aryl methyl sites for hydroxylation is 1. The number of halogens is 2. The fourth-order valence-corrected chi connectivity index (χ4v) is 2.32. The second kappa shape index (κ2) is 5.65. The second-order valence-electron chi connectivity index (χ2n) is 4.97. The highest BCUT2D eigenvalue weighted by molar-refractivity contribution is 5.64. The molecule has 1 aromatic heterocycles. The van der Waals surface area contributed by atoms with Crippen LogP contribution in [-0.2, 0) is 6.54 Å². The van der Waals surface area contributed by atoms with Crippen LogP contribution in [0.3, 0.4) is 0 Å². The van der Waals surface area contributed by atoms with Crippen LogP contribution >= 0.6 is 0 Å². The average molecular weight is 300 g/mol. The number of nitrogens with two attached hydrogens (primary N) is 1. The number of aromatic nitrogens is 3. The molecule has 4 nitrogen and oxygen atoms in total. The third kappa shape index (κ3) is 2.48. The quantitative estimate of drug-likeness (QED) is 0.809. The predicted octanol–water partition coefficient (Wildman–Crippen LogP) is 2.98. The van der Waals surface area contributed by atoms with Crippen molar-refractivity contribution in [3.05, 3.63) is 65.4 Å². The van der Waals surface area contributed by atoms with Crippen LogP contribution in [0.1, 0.15) is 11.3 Å². The molecule has 6 heteroatoms. The van der Waals surface area contributed by atoms with E-state index in [0.717, 1.165) is 23.4 Å². The van der Waals surface area contributed by atoms with Gasteiger partial charge < -0.3 is 5.73 Å². The van der Waals surface area contributed by atoms with E-state index in [1.165, 1.54) is 6.07 Å². The van der Waals surface area contributed by atoms with Crippen molar-refractivity contribution in [3.8, 4) is 16.9 Å². The van der Waals surface area contributed by atoms with Crippen LogP contribution in [0, 0.1) is 18.6 Å². The Hall–Kier alpha value is -2.60. The topological polar surface area (TPSA) is 56.7 Å². The van der Waals surface area contributed by atoms with E-state index in [1.54, 1.807) is 4.68 Å². The third-order valence-electron chi connectivity index (χ3n) is 3.37. The molecule has 3 rings (SSSR count). The Balaban J connectivity index is 2.21. The molecule has 0 saturated heterocycles. The maximum Gasteiger partial charge on any atom is 0.159 e. The van der Waals surface area contributed by atoms with E-state index in [1.807, 2.05) is 31.2 Å². The largest absolute Gasteiger partial charge is 0.325 e. The van der Waals surface area contributed by atoms with Gasteiger partial charge in [0.25, 0.3) is 0 Å². The van der Waals surface area contributed by atoms with E-state index in [0.29, 0.717) is 17.0 Å². The summed E-state index contributed by atoms with van der Waals surface area (Å²) in [7, 11) is 0. The van der Waals surface area contributed by atoms with Crippen molar-refractivity contribution >= 4 is 0 Å². The van der Waals surface area contributed by atoms with Crippen LogP contribution in [0.15, 0.2) is 42.5 Å². The predicted molar refractivity (Wildman–Crippen MR) is 79.3 cm³/mol. The van der Waals surface area contributed by atoms with E-state index in [-0.39, 0.29) is 6.54 Å². The Morgan fingerprint density at radius 1 is 1.09 bits per heavy atom. The molecule has 2 aromatic carbocycles. The molecule has 0 atom stereocenters. The maximum atomic E-state index is 13.5. The molecule has 112 valence electrons. The molecule has 1 heterocycles. The molecule has 0 spiro atoms. The fourth-order valence-electron chi connectivity index (χ4n) is 2.32. The van der Waals surface area contributed by atoms with Crippen molar-refractivity contribution in [3.63, 3.8) is 0 Å². The highest BCUT2D eigenvalue weighted by Crippen LogP contribution is 2.26. The lowest BCUT2D eigenvalue weighted by molar-refractivity contribution is 0.509. The molecule has 22 heavy (non-hydrogen) atoms. The molecule has 0 aliphatic heterocycles. The summed E-state index contributed by atoms with van der Waals surface area (Å²) in [5.74, 6) is -1.81. The molecule has 0 bridgehead atoms.